The summed E-state index contributed by atoms with van der Waals surface area (Å²) in [5.41, 5.74) is 1.41. The van der Waals surface area contributed by atoms with Gasteiger partial charge in [0.15, 0.2) is 5.75 Å². The van der Waals surface area contributed by atoms with E-state index in [-0.39, 0.29) is 23.4 Å². The van der Waals surface area contributed by atoms with Crippen LogP contribution in [0, 0.1) is 0 Å². The summed E-state index contributed by atoms with van der Waals surface area (Å²) in [7, 11) is 0. The van der Waals surface area contributed by atoms with Crippen LogP contribution in [0.2, 0.25) is 10.0 Å². The van der Waals surface area contributed by atoms with Crippen molar-refractivity contribution in [2.45, 2.75) is 44.8 Å². The van der Waals surface area contributed by atoms with E-state index in [9.17, 15) is 9.59 Å². The van der Waals surface area contributed by atoms with Gasteiger partial charge in [-0.1, -0.05) is 29.6 Å². The van der Waals surface area contributed by atoms with Gasteiger partial charge in [-0.3, -0.25) is 4.90 Å². The maximum Gasteiger partial charge on any atom is 0.420 e. The molecule has 0 N–H and O–H groups in total. The summed E-state index contributed by atoms with van der Waals surface area (Å²) in [6.07, 6.45) is 5.99. The van der Waals surface area contributed by atoms with Crippen LogP contribution < -0.4 is 9.64 Å². The number of pyridine rings is 1. The molecule has 1 saturated carbocycles. The molecular weight excluding hydrogens is 403 g/mol. The van der Waals surface area contributed by atoms with E-state index in [4.69, 9.17) is 32.7 Å². The minimum absolute atomic E-state index is 0.0363. The molecular formula is C20H18Cl2N2O4. The maximum atomic E-state index is 12.4. The van der Waals surface area contributed by atoms with Crippen molar-refractivity contribution in [2.75, 3.05) is 4.90 Å². The first kappa shape index (κ1) is 19.0. The molecule has 0 spiro atoms. The van der Waals surface area contributed by atoms with E-state index in [1.165, 1.54) is 23.6 Å². The molecule has 0 unspecified atom stereocenters. The van der Waals surface area contributed by atoms with Crippen molar-refractivity contribution in [3.63, 3.8) is 0 Å². The van der Waals surface area contributed by atoms with Gasteiger partial charge in [0.2, 0.25) is 0 Å². The van der Waals surface area contributed by atoms with Crippen molar-refractivity contribution in [1.29, 1.82) is 0 Å². The van der Waals surface area contributed by atoms with Crippen LogP contribution in [-0.4, -0.2) is 23.2 Å². The van der Waals surface area contributed by atoms with E-state index >= 15 is 0 Å². The molecule has 0 saturated heterocycles. The number of fused-ring (bicyclic) bond motifs is 1. The van der Waals surface area contributed by atoms with Gasteiger partial charge in [-0.05, 0) is 49.9 Å². The predicted octanol–water partition coefficient (Wildman–Crippen LogP) is 5.40. The number of amides is 1. The monoisotopic (exact) mass is 420 g/mol. The Morgan fingerprint density at radius 2 is 1.96 bits per heavy atom. The minimum Gasteiger partial charge on any atom is -0.458 e. The number of rotatable bonds is 3. The summed E-state index contributed by atoms with van der Waals surface area (Å²) in [6, 6.07) is 6.42. The molecule has 1 fully saturated rings. The highest BCUT2D eigenvalue weighted by Crippen LogP contribution is 2.37. The fourth-order valence-electron chi connectivity index (χ4n) is 3.48. The van der Waals surface area contributed by atoms with Gasteiger partial charge in [-0.15, -0.1) is 0 Å². The molecule has 1 aromatic carbocycles. The average Bonchev–Trinajstić information content (AvgIpc) is 2.69. The van der Waals surface area contributed by atoms with Crippen molar-refractivity contribution in [3.05, 3.63) is 51.8 Å². The number of halogens is 2. The summed E-state index contributed by atoms with van der Waals surface area (Å²) in [5, 5.41) is 0.745. The molecule has 0 bridgehead atoms. The first-order chi connectivity index (χ1) is 13.5. The summed E-state index contributed by atoms with van der Waals surface area (Å²) in [4.78, 5) is 30.2. The van der Waals surface area contributed by atoms with Gasteiger partial charge in [-0.2, -0.15) is 0 Å². The maximum absolute atomic E-state index is 12.4. The van der Waals surface area contributed by atoms with E-state index in [1.807, 2.05) is 0 Å². The second-order valence-corrected chi connectivity index (χ2v) is 7.74. The molecule has 1 aliphatic carbocycles. The number of ether oxygens (including phenoxy) is 2. The van der Waals surface area contributed by atoms with Gasteiger partial charge in [0.25, 0.3) is 0 Å². The second-order valence-electron chi connectivity index (χ2n) is 6.90. The molecule has 2 aromatic rings. The van der Waals surface area contributed by atoms with E-state index in [0.717, 1.165) is 25.7 Å². The SMILES string of the molecule is O=C(OC1CCCCC1)c1ccc(N2Cc3cc(Cl)cc(Cl)c3OC2=O)cn1. The zero-order valence-electron chi connectivity index (χ0n) is 15.0. The number of anilines is 1. The van der Waals surface area contributed by atoms with Crippen LogP contribution in [0.25, 0.3) is 0 Å². The number of aromatic nitrogens is 1. The Kier molecular flexibility index (Phi) is 5.42. The highest BCUT2D eigenvalue weighted by atomic mass is 35.5. The fraction of sp³-hybridized carbons (Fsp3) is 0.350. The Labute approximate surface area is 172 Å². The average molecular weight is 421 g/mol. The molecule has 2 aliphatic rings. The highest BCUT2D eigenvalue weighted by molar-refractivity contribution is 6.35. The molecule has 0 radical (unpaired) electrons. The number of hydrogen-bond donors (Lipinski definition) is 0. The topological polar surface area (TPSA) is 68.7 Å². The van der Waals surface area contributed by atoms with Crippen LogP contribution in [0.3, 0.4) is 0 Å². The van der Waals surface area contributed by atoms with Crippen molar-refractivity contribution in [2.24, 2.45) is 0 Å². The fourth-order valence-corrected chi connectivity index (χ4v) is 4.05. The van der Waals surface area contributed by atoms with Crippen molar-refractivity contribution >= 4 is 41.0 Å². The predicted molar refractivity (Wildman–Crippen MR) is 105 cm³/mol. The van der Waals surface area contributed by atoms with Gasteiger partial charge in [-0.25, -0.2) is 14.6 Å². The Balaban J connectivity index is 1.49. The lowest BCUT2D eigenvalue weighted by atomic mass is 9.98. The van der Waals surface area contributed by atoms with Crippen molar-refractivity contribution in [3.8, 4) is 5.75 Å². The normalized spacial score (nSPS) is 17.1. The zero-order valence-corrected chi connectivity index (χ0v) is 16.5. The molecule has 0 atom stereocenters. The van der Waals surface area contributed by atoms with Crippen molar-refractivity contribution in [1.82, 2.24) is 4.98 Å². The lowest BCUT2D eigenvalue weighted by molar-refractivity contribution is 0.0204. The van der Waals surface area contributed by atoms with Crippen LogP contribution in [0.15, 0.2) is 30.5 Å². The lowest BCUT2D eigenvalue weighted by Crippen LogP contribution is -2.37. The molecule has 1 amide bonds. The van der Waals surface area contributed by atoms with Gasteiger partial charge in [0.1, 0.15) is 11.8 Å². The first-order valence-electron chi connectivity index (χ1n) is 9.15. The highest BCUT2D eigenvalue weighted by Gasteiger charge is 2.29. The molecule has 8 heteroatoms. The lowest BCUT2D eigenvalue weighted by Gasteiger charge is -2.28. The number of esters is 1. The summed E-state index contributed by atoms with van der Waals surface area (Å²) < 4.78 is 10.9. The number of carbonyl (C=O) groups is 2. The molecule has 1 aromatic heterocycles. The smallest absolute Gasteiger partial charge is 0.420 e. The summed E-state index contributed by atoms with van der Waals surface area (Å²) >= 11 is 12.1. The minimum atomic E-state index is -0.573. The standard InChI is InChI=1S/C20H18Cl2N2O4/c21-13-8-12-11-24(20(26)28-18(12)16(22)9-13)14-6-7-17(23-10-14)19(25)27-15-4-2-1-3-5-15/h6-10,15H,1-5,11H2. The van der Waals surface area contributed by atoms with Crippen LogP contribution in [0.1, 0.15) is 48.2 Å². The van der Waals surface area contributed by atoms with Crippen LogP contribution in [-0.2, 0) is 11.3 Å². The number of hydrogen-bond acceptors (Lipinski definition) is 5. The Hall–Kier alpha value is -2.31. The second kappa shape index (κ2) is 7.97. The molecule has 1 aliphatic heterocycles. The van der Waals surface area contributed by atoms with Gasteiger partial charge in [0, 0.05) is 10.6 Å². The number of benzene rings is 1. The quantitative estimate of drug-likeness (QED) is 0.621. The third-order valence-corrected chi connectivity index (χ3v) is 5.42. The first-order valence-corrected chi connectivity index (χ1v) is 9.91. The van der Waals surface area contributed by atoms with E-state index < -0.39 is 12.1 Å². The van der Waals surface area contributed by atoms with Gasteiger partial charge in [0.05, 0.1) is 23.5 Å². The van der Waals surface area contributed by atoms with Gasteiger partial charge < -0.3 is 9.47 Å². The van der Waals surface area contributed by atoms with E-state index in [1.54, 1.807) is 18.2 Å². The largest absolute Gasteiger partial charge is 0.458 e. The molecule has 28 heavy (non-hydrogen) atoms. The summed E-state index contributed by atoms with van der Waals surface area (Å²) in [5.74, 6) is -0.128. The molecule has 4 rings (SSSR count). The van der Waals surface area contributed by atoms with Gasteiger partial charge >= 0.3 is 12.1 Å². The summed E-state index contributed by atoms with van der Waals surface area (Å²) in [6.45, 7) is 0.238. The van der Waals surface area contributed by atoms with Crippen LogP contribution in [0.5, 0.6) is 5.75 Å². The van der Waals surface area contributed by atoms with Crippen LogP contribution in [0.4, 0.5) is 10.5 Å². The van der Waals surface area contributed by atoms with Crippen molar-refractivity contribution < 1.29 is 19.1 Å². The molecule has 6 nitrogen and oxygen atoms in total. The third-order valence-electron chi connectivity index (χ3n) is 4.92. The zero-order chi connectivity index (χ0) is 19.7. The Morgan fingerprint density at radius 1 is 1.18 bits per heavy atom. The van der Waals surface area contributed by atoms with E-state index in [0.29, 0.717) is 22.0 Å². The third kappa shape index (κ3) is 3.93. The Bertz CT molecular complexity index is 911. The number of nitrogens with zero attached hydrogens (tertiary/aromatic N) is 2. The molecule has 2 heterocycles. The Morgan fingerprint density at radius 3 is 2.68 bits per heavy atom. The number of carbonyl (C=O) groups excluding carboxylic acids is 2. The van der Waals surface area contributed by atoms with E-state index in [2.05, 4.69) is 4.98 Å². The molecule has 146 valence electrons. The van der Waals surface area contributed by atoms with Crippen LogP contribution >= 0.6 is 23.2 Å².